The van der Waals surface area contributed by atoms with Gasteiger partial charge in [-0.25, -0.2) is 13.2 Å². The Morgan fingerprint density at radius 1 is 1.13 bits per heavy atom. The second-order valence-electron chi connectivity index (χ2n) is 2.93. The summed E-state index contributed by atoms with van der Waals surface area (Å²) in [7, 11) is 0. The Morgan fingerprint density at radius 2 is 1.87 bits per heavy atom. The second-order valence-corrected chi connectivity index (χ2v) is 2.93. The van der Waals surface area contributed by atoms with Crippen molar-refractivity contribution in [2.24, 2.45) is 0 Å². The van der Waals surface area contributed by atoms with Crippen LogP contribution < -0.4 is 5.73 Å². The first-order chi connectivity index (χ1) is 7.09. The highest BCUT2D eigenvalue weighted by Gasteiger charge is 2.13. The minimum Gasteiger partial charge on any atom is -0.380 e. The molecule has 0 aliphatic rings. The van der Waals surface area contributed by atoms with Crippen LogP contribution in [-0.2, 0) is 0 Å². The molecule has 0 unspecified atom stereocenters. The molecular formula is C9H6F3N3. The zero-order valence-corrected chi connectivity index (χ0v) is 7.39. The highest BCUT2D eigenvalue weighted by molar-refractivity contribution is 5.63. The quantitative estimate of drug-likeness (QED) is 0.761. The Labute approximate surface area is 82.7 Å². The summed E-state index contributed by atoms with van der Waals surface area (Å²) in [4.78, 5) is 0. The molecule has 0 bridgehead atoms. The third-order valence-electron chi connectivity index (χ3n) is 1.94. The predicted molar refractivity (Wildman–Crippen MR) is 48.3 cm³/mol. The summed E-state index contributed by atoms with van der Waals surface area (Å²) >= 11 is 0. The SMILES string of the molecule is Nc1n[nH]c(-c2ccc(F)c(F)c2)c1F. The summed E-state index contributed by atoms with van der Waals surface area (Å²) in [6, 6.07) is 3.00. The standard InChI is InChI=1S/C9H6F3N3/c10-5-2-1-4(3-6(5)11)8-7(12)9(13)15-14-8/h1-3H,(H3,13,14,15). The Morgan fingerprint density at radius 3 is 2.40 bits per heavy atom. The lowest BCUT2D eigenvalue weighted by molar-refractivity contribution is 0.509. The number of hydrogen-bond acceptors (Lipinski definition) is 2. The van der Waals surface area contributed by atoms with Gasteiger partial charge in [0, 0.05) is 5.56 Å². The van der Waals surface area contributed by atoms with E-state index in [1.54, 1.807) is 0 Å². The average Bonchev–Trinajstić information content (AvgIpc) is 2.53. The summed E-state index contributed by atoms with van der Waals surface area (Å²) < 4.78 is 38.7. The smallest absolute Gasteiger partial charge is 0.192 e. The van der Waals surface area contributed by atoms with Gasteiger partial charge in [-0.15, -0.1) is 0 Å². The monoisotopic (exact) mass is 213 g/mol. The summed E-state index contributed by atoms with van der Waals surface area (Å²) in [5.74, 6) is -3.14. The molecule has 0 spiro atoms. The molecule has 0 atom stereocenters. The van der Waals surface area contributed by atoms with Gasteiger partial charge in [-0.05, 0) is 18.2 Å². The maximum atomic E-state index is 13.2. The van der Waals surface area contributed by atoms with Crippen LogP contribution in [0.3, 0.4) is 0 Å². The van der Waals surface area contributed by atoms with E-state index >= 15 is 0 Å². The van der Waals surface area contributed by atoms with Crippen LogP contribution >= 0.6 is 0 Å². The lowest BCUT2D eigenvalue weighted by Gasteiger charge is -1.98. The van der Waals surface area contributed by atoms with Gasteiger partial charge in [0.2, 0.25) is 0 Å². The lowest BCUT2D eigenvalue weighted by Crippen LogP contribution is -1.89. The van der Waals surface area contributed by atoms with E-state index < -0.39 is 17.5 Å². The molecule has 15 heavy (non-hydrogen) atoms. The van der Waals surface area contributed by atoms with E-state index in [9.17, 15) is 13.2 Å². The van der Waals surface area contributed by atoms with E-state index in [1.807, 2.05) is 0 Å². The molecule has 2 aromatic rings. The first-order valence-corrected chi connectivity index (χ1v) is 4.04. The zero-order valence-electron chi connectivity index (χ0n) is 7.39. The normalized spacial score (nSPS) is 10.6. The van der Waals surface area contributed by atoms with Gasteiger partial charge in [-0.3, -0.25) is 5.10 Å². The molecular weight excluding hydrogens is 207 g/mol. The molecule has 0 radical (unpaired) electrons. The Kier molecular flexibility index (Phi) is 2.11. The summed E-state index contributed by atoms with van der Waals surface area (Å²) in [6.07, 6.45) is 0. The van der Waals surface area contributed by atoms with Gasteiger partial charge in [0.1, 0.15) is 5.69 Å². The first-order valence-electron chi connectivity index (χ1n) is 4.04. The lowest BCUT2D eigenvalue weighted by atomic mass is 10.1. The fraction of sp³-hybridized carbons (Fsp3) is 0. The van der Waals surface area contributed by atoms with Crippen molar-refractivity contribution in [3.8, 4) is 11.3 Å². The number of nitrogens with one attached hydrogen (secondary N) is 1. The number of H-pyrrole nitrogens is 1. The van der Waals surface area contributed by atoms with Crippen LogP contribution in [-0.4, -0.2) is 10.2 Å². The topological polar surface area (TPSA) is 54.7 Å². The van der Waals surface area contributed by atoms with Crippen molar-refractivity contribution in [1.82, 2.24) is 10.2 Å². The van der Waals surface area contributed by atoms with Crippen molar-refractivity contribution in [2.45, 2.75) is 0 Å². The number of nitrogen functional groups attached to an aromatic ring is 1. The molecule has 6 heteroatoms. The van der Waals surface area contributed by atoms with E-state index in [1.165, 1.54) is 6.07 Å². The molecule has 0 fully saturated rings. The zero-order chi connectivity index (χ0) is 11.0. The highest BCUT2D eigenvalue weighted by atomic mass is 19.2. The molecule has 0 saturated carbocycles. The van der Waals surface area contributed by atoms with Crippen LogP contribution in [0.5, 0.6) is 0 Å². The van der Waals surface area contributed by atoms with E-state index in [0.29, 0.717) is 0 Å². The first kappa shape index (κ1) is 9.57. The third kappa shape index (κ3) is 1.54. The molecule has 0 amide bonds. The number of aromatic amines is 1. The largest absolute Gasteiger partial charge is 0.380 e. The fourth-order valence-electron chi connectivity index (χ4n) is 1.19. The summed E-state index contributed by atoms with van der Waals surface area (Å²) in [6.45, 7) is 0. The number of aromatic nitrogens is 2. The van der Waals surface area contributed by atoms with E-state index in [0.717, 1.165) is 12.1 Å². The third-order valence-corrected chi connectivity index (χ3v) is 1.94. The molecule has 0 aliphatic carbocycles. The van der Waals surface area contributed by atoms with Crippen molar-refractivity contribution in [2.75, 3.05) is 5.73 Å². The van der Waals surface area contributed by atoms with Crippen LogP contribution in [0.15, 0.2) is 18.2 Å². The van der Waals surface area contributed by atoms with Crippen molar-refractivity contribution >= 4 is 5.82 Å². The fourth-order valence-corrected chi connectivity index (χ4v) is 1.19. The summed E-state index contributed by atoms with van der Waals surface area (Å²) in [5, 5.41) is 5.70. The second kappa shape index (κ2) is 3.30. The van der Waals surface area contributed by atoms with E-state index in [2.05, 4.69) is 10.2 Å². The highest BCUT2D eigenvalue weighted by Crippen LogP contribution is 2.24. The van der Waals surface area contributed by atoms with E-state index in [-0.39, 0.29) is 17.1 Å². The average molecular weight is 213 g/mol. The van der Waals surface area contributed by atoms with E-state index in [4.69, 9.17) is 5.73 Å². The Balaban J connectivity index is 2.55. The van der Waals surface area contributed by atoms with Crippen molar-refractivity contribution in [3.63, 3.8) is 0 Å². The van der Waals surface area contributed by atoms with Crippen molar-refractivity contribution < 1.29 is 13.2 Å². The predicted octanol–water partition coefficient (Wildman–Crippen LogP) is 2.08. The van der Waals surface area contributed by atoms with Crippen LogP contribution in [0, 0.1) is 17.5 Å². The number of nitrogens with zero attached hydrogens (tertiary/aromatic N) is 1. The molecule has 0 aliphatic heterocycles. The number of rotatable bonds is 1. The number of benzene rings is 1. The maximum Gasteiger partial charge on any atom is 0.192 e. The Hall–Kier alpha value is -1.98. The molecule has 1 heterocycles. The number of nitrogens with two attached hydrogens (primary N) is 1. The van der Waals surface area contributed by atoms with Crippen molar-refractivity contribution in [3.05, 3.63) is 35.7 Å². The van der Waals surface area contributed by atoms with Crippen LogP contribution in [0.1, 0.15) is 0 Å². The van der Waals surface area contributed by atoms with Gasteiger partial charge in [0.05, 0.1) is 0 Å². The molecule has 1 aromatic carbocycles. The van der Waals surface area contributed by atoms with Crippen LogP contribution in [0.2, 0.25) is 0 Å². The molecule has 3 nitrogen and oxygen atoms in total. The van der Waals surface area contributed by atoms with Gasteiger partial charge in [-0.1, -0.05) is 0 Å². The van der Waals surface area contributed by atoms with Crippen LogP contribution in [0.4, 0.5) is 19.0 Å². The number of anilines is 1. The maximum absolute atomic E-state index is 13.2. The molecule has 1 aromatic heterocycles. The minimum atomic E-state index is -1.06. The molecule has 3 N–H and O–H groups in total. The van der Waals surface area contributed by atoms with Crippen LogP contribution in [0.25, 0.3) is 11.3 Å². The van der Waals surface area contributed by atoms with Gasteiger partial charge in [0.25, 0.3) is 0 Å². The molecule has 0 saturated heterocycles. The molecule has 2 rings (SSSR count). The molecule has 78 valence electrons. The number of halogens is 3. The number of hydrogen-bond donors (Lipinski definition) is 2. The summed E-state index contributed by atoms with van der Waals surface area (Å²) in [5.41, 5.74) is 5.25. The van der Waals surface area contributed by atoms with Crippen molar-refractivity contribution in [1.29, 1.82) is 0 Å². The Bertz CT molecular complexity index is 507. The minimum absolute atomic E-state index is 0.0635. The van der Waals surface area contributed by atoms with Gasteiger partial charge in [0.15, 0.2) is 23.3 Å². The van der Waals surface area contributed by atoms with Gasteiger partial charge < -0.3 is 5.73 Å². The van der Waals surface area contributed by atoms with Gasteiger partial charge >= 0.3 is 0 Å². The van der Waals surface area contributed by atoms with Gasteiger partial charge in [-0.2, -0.15) is 5.10 Å².